The Morgan fingerprint density at radius 2 is 2.20 bits per heavy atom. The zero-order chi connectivity index (χ0) is 16.9. The minimum absolute atomic E-state index is 0. The summed E-state index contributed by atoms with van der Waals surface area (Å²) in [6.45, 7) is 3.81. The third-order valence-electron chi connectivity index (χ3n) is 3.85. The smallest absolute Gasteiger partial charge is 0.275 e. The van der Waals surface area contributed by atoms with Gasteiger partial charge in [0.25, 0.3) is 5.91 Å². The number of benzene rings is 1. The molecule has 1 saturated heterocycles. The monoisotopic (exact) mass is 383 g/mol. The number of carbonyl (C=O) groups excluding carboxylic acids is 1. The molecule has 0 bridgehead atoms. The van der Waals surface area contributed by atoms with Gasteiger partial charge in [0, 0.05) is 30.5 Å². The van der Waals surface area contributed by atoms with Crippen LogP contribution < -0.4 is 15.8 Å². The number of amides is 1. The Bertz CT molecular complexity index is 717. The molecular weight excluding hydrogens is 362 g/mol. The summed E-state index contributed by atoms with van der Waals surface area (Å²) >= 11 is 1.39. The van der Waals surface area contributed by atoms with Crippen molar-refractivity contribution in [2.75, 3.05) is 18.5 Å². The van der Waals surface area contributed by atoms with E-state index in [9.17, 15) is 4.79 Å². The Labute approximate surface area is 157 Å². The van der Waals surface area contributed by atoms with Crippen LogP contribution in [0.25, 0.3) is 0 Å². The van der Waals surface area contributed by atoms with Gasteiger partial charge in [-0.15, -0.1) is 23.7 Å². The van der Waals surface area contributed by atoms with Crippen molar-refractivity contribution in [1.29, 1.82) is 0 Å². The Kier molecular flexibility index (Phi) is 7.19. The van der Waals surface area contributed by atoms with Crippen LogP contribution in [-0.2, 0) is 11.3 Å². The second kappa shape index (κ2) is 9.15. The summed E-state index contributed by atoms with van der Waals surface area (Å²) in [5.74, 6) is 0.613. The molecule has 25 heavy (non-hydrogen) atoms. The number of nitrogens with two attached hydrogens (primary N) is 1. The average Bonchev–Trinajstić information content (AvgIpc) is 3.08. The normalized spacial score (nSPS) is 14.6. The fourth-order valence-corrected chi connectivity index (χ4v) is 3.19. The molecule has 1 aromatic heterocycles. The van der Waals surface area contributed by atoms with Crippen LogP contribution in [0, 0.1) is 6.92 Å². The van der Waals surface area contributed by atoms with Gasteiger partial charge in [0.1, 0.15) is 22.6 Å². The largest absolute Gasteiger partial charge is 0.490 e. The van der Waals surface area contributed by atoms with Gasteiger partial charge >= 0.3 is 0 Å². The van der Waals surface area contributed by atoms with E-state index in [-0.39, 0.29) is 24.4 Å². The number of anilines is 1. The molecule has 0 aliphatic carbocycles. The van der Waals surface area contributed by atoms with Crippen LogP contribution in [0.15, 0.2) is 23.6 Å². The minimum atomic E-state index is -0.233. The molecule has 8 heteroatoms. The number of hydrogen-bond acceptors (Lipinski definition) is 6. The predicted molar refractivity (Wildman–Crippen MR) is 101 cm³/mol. The van der Waals surface area contributed by atoms with Gasteiger partial charge in [-0.1, -0.05) is 0 Å². The van der Waals surface area contributed by atoms with E-state index < -0.39 is 0 Å². The van der Waals surface area contributed by atoms with E-state index in [1.54, 1.807) is 5.38 Å². The summed E-state index contributed by atoms with van der Waals surface area (Å²) in [5, 5.41) is 5.32. The van der Waals surface area contributed by atoms with Crippen LogP contribution in [0.3, 0.4) is 0 Å². The van der Waals surface area contributed by atoms with Crippen molar-refractivity contribution in [3.05, 3.63) is 39.8 Å². The SMILES string of the molecule is Cc1cc(NC(=O)c2csc(CN)n2)ccc1OC1CCOCC1.Cl. The van der Waals surface area contributed by atoms with Crippen LogP contribution in [0.4, 0.5) is 5.69 Å². The quantitative estimate of drug-likeness (QED) is 0.828. The Hall–Kier alpha value is -1.67. The van der Waals surface area contributed by atoms with Gasteiger partial charge < -0.3 is 20.5 Å². The molecular formula is C17H22ClN3O3S. The van der Waals surface area contributed by atoms with Crippen LogP contribution in [0.2, 0.25) is 0 Å². The minimum Gasteiger partial charge on any atom is -0.490 e. The maximum absolute atomic E-state index is 12.2. The number of thiazole rings is 1. The molecule has 6 nitrogen and oxygen atoms in total. The molecule has 2 heterocycles. The van der Waals surface area contributed by atoms with E-state index in [0.717, 1.165) is 48.1 Å². The standard InChI is InChI=1S/C17H21N3O3S.ClH/c1-11-8-12(19-17(21)14-10-24-16(9-18)20-14)2-3-15(11)23-13-4-6-22-7-5-13;/h2-3,8,10,13H,4-7,9,18H2,1H3,(H,19,21);1H. The summed E-state index contributed by atoms with van der Waals surface area (Å²) in [7, 11) is 0. The van der Waals surface area contributed by atoms with Gasteiger partial charge in [-0.25, -0.2) is 4.98 Å². The van der Waals surface area contributed by atoms with Crippen molar-refractivity contribution in [1.82, 2.24) is 4.98 Å². The number of rotatable bonds is 5. The van der Waals surface area contributed by atoms with Crippen molar-refractivity contribution in [2.45, 2.75) is 32.4 Å². The summed E-state index contributed by atoms with van der Waals surface area (Å²) in [4.78, 5) is 16.4. The molecule has 3 rings (SSSR count). The van der Waals surface area contributed by atoms with E-state index in [1.165, 1.54) is 11.3 Å². The van der Waals surface area contributed by atoms with Crippen molar-refractivity contribution < 1.29 is 14.3 Å². The molecule has 1 aliphatic rings. The molecule has 136 valence electrons. The maximum atomic E-state index is 12.2. The first-order valence-electron chi connectivity index (χ1n) is 7.96. The summed E-state index contributed by atoms with van der Waals surface area (Å²) in [6.07, 6.45) is 2.01. The zero-order valence-electron chi connectivity index (χ0n) is 14.0. The van der Waals surface area contributed by atoms with Crippen molar-refractivity contribution in [3.63, 3.8) is 0 Å². The van der Waals surface area contributed by atoms with Crippen molar-refractivity contribution in [2.24, 2.45) is 5.73 Å². The number of halogens is 1. The maximum Gasteiger partial charge on any atom is 0.275 e. The third-order valence-corrected chi connectivity index (χ3v) is 4.72. The first-order chi connectivity index (χ1) is 11.7. The van der Waals surface area contributed by atoms with E-state index in [0.29, 0.717) is 12.2 Å². The highest BCUT2D eigenvalue weighted by Crippen LogP contribution is 2.25. The average molecular weight is 384 g/mol. The topological polar surface area (TPSA) is 86.5 Å². The van der Waals surface area contributed by atoms with Crippen LogP contribution in [-0.4, -0.2) is 30.2 Å². The van der Waals surface area contributed by atoms with Gasteiger partial charge in [0.05, 0.1) is 13.2 Å². The van der Waals surface area contributed by atoms with Gasteiger partial charge in [0.2, 0.25) is 0 Å². The van der Waals surface area contributed by atoms with Crippen molar-refractivity contribution >= 4 is 35.3 Å². The summed E-state index contributed by atoms with van der Waals surface area (Å²) in [5.41, 5.74) is 7.62. The highest BCUT2D eigenvalue weighted by Gasteiger charge is 2.17. The fraction of sp³-hybridized carbons (Fsp3) is 0.412. The molecule has 0 spiro atoms. The Morgan fingerprint density at radius 3 is 2.84 bits per heavy atom. The van der Waals surface area contributed by atoms with E-state index in [2.05, 4.69) is 10.3 Å². The lowest BCUT2D eigenvalue weighted by atomic mass is 10.1. The number of carbonyl (C=O) groups is 1. The van der Waals surface area contributed by atoms with E-state index in [4.69, 9.17) is 15.2 Å². The second-order valence-corrected chi connectivity index (χ2v) is 6.64. The molecule has 0 atom stereocenters. The lowest BCUT2D eigenvalue weighted by Crippen LogP contribution is -2.26. The molecule has 1 aliphatic heterocycles. The number of nitrogens with one attached hydrogen (secondary N) is 1. The van der Waals surface area contributed by atoms with Crippen LogP contribution in [0.5, 0.6) is 5.75 Å². The van der Waals surface area contributed by atoms with E-state index in [1.807, 2.05) is 25.1 Å². The van der Waals surface area contributed by atoms with Gasteiger partial charge in [-0.3, -0.25) is 4.79 Å². The van der Waals surface area contributed by atoms with Gasteiger partial charge in [-0.05, 0) is 30.7 Å². The van der Waals surface area contributed by atoms with E-state index >= 15 is 0 Å². The number of nitrogens with zero attached hydrogens (tertiary/aromatic N) is 1. The molecule has 1 fully saturated rings. The molecule has 3 N–H and O–H groups in total. The number of aromatic nitrogens is 1. The Balaban J connectivity index is 0.00000225. The van der Waals surface area contributed by atoms with Gasteiger partial charge in [0.15, 0.2) is 0 Å². The number of ether oxygens (including phenoxy) is 2. The van der Waals surface area contributed by atoms with Crippen LogP contribution >= 0.6 is 23.7 Å². The number of hydrogen-bond donors (Lipinski definition) is 2. The predicted octanol–water partition coefficient (Wildman–Crippen LogP) is 3.14. The third kappa shape index (κ3) is 5.15. The molecule has 0 radical (unpaired) electrons. The van der Waals surface area contributed by atoms with Crippen molar-refractivity contribution in [3.8, 4) is 5.75 Å². The number of aryl methyl sites for hydroxylation is 1. The zero-order valence-corrected chi connectivity index (χ0v) is 15.6. The van der Waals surface area contributed by atoms with Crippen LogP contribution in [0.1, 0.15) is 33.9 Å². The molecule has 0 saturated carbocycles. The molecule has 1 aromatic carbocycles. The van der Waals surface area contributed by atoms with Gasteiger partial charge in [-0.2, -0.15) is 0 Å². The highest BCUT2D eigenvalue weighted by molar-refractivity contribution is 7.09. The molecule has 0 unspecified atom stereocenters. The first-order valence-corrected chi connectivity index (χ1v) is 8.84. The second-order valence-electron chi connectivity index (χ2n) is 5.69. The fourth-order valence-electron chi connectivity index (χ4n) is 2.54. The molecule has 2 aromatic rings. The Morgan fingerprint density at radius 1 is 1.44 bits per heavy atom. The molecule has 1 amide bonds. The highest BCUT2D eigenvalue weighted by atomic mass is 35.5. The lowest BCUT2D eigenvalue weighted by molar-refractivity contribution is 0.0253. The first kappa shape index (κ1) is 19.7. The lowest BCUT2D eigenvalue weighted by Gasteiger charge is -2.24. The summed E-state index contributed by atoms with van der Waals surface area (Å²) < 4.78 is 11.4. The summed E-state index contributed by atoms with van der Waals surface area (Å²) in [6, 6.07) is 5.64.